The number of methoxy groups -OCH3 is 1. The van der Waals surface area contributed by atoms with E-state index in [2.05, 4.69) is 4.72 Å². The Morgan fingerprint density at radius 3 is 2.32 bits per heavy atom. The number of hydrogen-bond donors (Lipinski definition) is 2. The Morgan fingerprint density at radius 1 is 1.10 bits per heavy atom. The molecule has 1 aliphatic rings. The fraction of sp³-hybridized carbons (Fsp3) is 0.381. The highest BCUT2D eigenvalue weighted by Crippen LogP contribution is 2.33. The number of carbonyl (C=O) groups excluding carboxylic acids is 1. The molecule has 6 nitrogen and oxygen atoms in total. The van der Waals surface area contributed by atoms with E-state index < -0.39 is 28.1 Å². The molecule has 1 amide bonds. The third-order valence-corrected chi connectivity index (χ3v) is 6.67. The van der Waals surface area contributed by atoms with Gasteiger partial charge in [-0.05, 0) is 36.6 Å². The van der Waals surface area contributed by atoms with Crippen molar-refractivity contribution in [2.45, 2.75) is 48.8 Å². The zero-order chi connectivity index (χ0) is 22.6. The van der Waals surface area contributed by atoms with Crippen LogP contribution in [0.3, 0.4) is 0 Å². The summed E-state index contributed by atoms with van der Waals surface area (Å²) in [5.41, 5.74) is -0.356. The number of halogens is 3. The van der Waals surface area contributed by atoms with E-state index in [0.29, 0.717) is 12.8 Å². The molecule has 10 heteroatoms. The van der Waals surface area contributed by atoms with Gasteiger partial charge in [0.1, 0.15) is 10.6 Å². The molecule has 2 aromatic rings. The summed E-state index contributed by atoms with van der Waals surface area (Å²) in [5, 5.41) is 1.96. The zero-order valence-electron chi connectivity index (χ0n) is 16.8. The molecular formula is C21H23F3N2O4S. The van der Waals surface area contributed by atoms with Crippen LogP contribution >= 0.6 is 0 Å². The number of nitrogens with one attached hydrogen (secondary N) is 2. The van der Waals surface area contributed by atoms with Gasteiger partial charge in [-0.25, -0.2) is 13.1 Å². The van der Waals surface area contributed by atoms with Gasteiger partial charge in [-0.2, -0.15) is 13.2 Å². The van der Waals surface area contributed by atoms with E-state index in [9.17, 15) is 26.4 Å². The van der Waals surface area contributed by atoms with E-state index in [-0.39, 0.29) is 27.8 Å². The summed E-state index contributed by atoms with van der Waals surface area (Å²) < 4.78 is 74.0. The highest BCUT2D eigenvalue weighted by molar-refractivity contribution is 7.89. The van der Waals surface area contributed by atoms with Crippen molar-refractivity contribution in [2.75, 3.05) is 7.11 Å². The third kappa shape index (κ3) is 5.56. The van der Waals surface area contributed by atoms with Gasteiger partial charge in [0.05, 0.1) is 7.11 Å². The van der Waals surface area contributed by atoms with Gasteiger partial charge in [0.15, 0.2) is 6.04 Å². The molecule has 0 spiro atoms. The van der Waals surface area contributed by atoms with E-state index >= 15 is 0 Å². The van der Waals surface area contributed by atoms with Crippen LogP contribution in [-0.2, 0) is 10.0 Å². The first-order valence-corrected chi connectivity index (χ1v) is 11.2. The molecule has 3 rings (SSSR count). The summed E-state index contributed by atoms with van der Waals surface area (Å²) in [5.74, 6) is -1.05. The van der Waals surface area contributed by atoms with Crippen molar-refractivity contribution in [1.82, 2.24) is 10.0 Å². The lowest BCUT2D eigenvalue weighted by Crippen LogP contribution is -2.38. The average molecular weight is 456 g/mol. The summed E-state index contributed by atoms with van der Waals surface area (Å²) in [4.78, 5) is 12.3. The Kier molecular flexibility index (Phi) is 6.90. The van der Waals surface area contributed by atoms with Crippen molar-refractivity contribution in [1.29, 1.82) is 0 Å². The minimum absolute atomic E-state index is 0.00234. The van der Waals surface area contributed by atoms with Crippen LogP contribution in [0.4, 0.5) is 13.2 Å². The van der Waals surface area contributed by atoms with Gasteiger partial charge in [-0.1, -0.05) is 43.2 Å². The number of rotatable bonds is 7. The summed E-state index contributed by atoms with van der Waals surface area (Å²) in [6.07, 6.45) is -1.52. The molecule has 31 heavy (non-hydrogen) atoms. The van der Waals surface area contributed by atoms with Gasteiger partial charge in [-0.3, -0.25) is 4.79 Å². The van der Waals surface area contributed by atoms with Gasteiger partial charge < -0.3 is 10.1 Å². The Balaban J connectivity index is 1.90. The molecule has 0 radical (unpaired) electrons. The Morgan fingerprint density at radius 2 is 1.74 bits per heavy atom. The first kappa shape index (κ1) is 23.1. The van der Waals surface area contributed by atoms with Gasteiger partial charge in [0.25, 0.3) is 5.91 Å². The molecule has 0 bridgehead atoms. The van der Waals surface area contributed by atoms with Crippen molar-refractivity contribution in [3.05, 3.63) is 59.7 Å². The lowest BCUT2D eigenvalue weighted by molar-refractivity contribution is -0.155. The number of alkyl halides is 3. The monoisotopic (exact) mass is 456 g/mol. The first-order chi connectivity index (χ1) is 14.6. The number of benzene rings is 2. The maximum Gasteiger partial charge on any atom is 0.412 e. The highest BCUT2D eigenvalue weighted by Gasteiger charge is 2.42. The molecule has 1 aliphatic carbocycles. The van der Waals surface area contributed by atoms with Gasteiger partial charge >= 0.3 is 6.18 Å². The number of sulfonamides is 1. The average Bonchev–Trinajstić information content (AvgIpc) is 3.23. The summed E-state index contributed by atoms with van der Waals surface area (Å²) in [7, 11) is -2.75. The van der Waals surface area contributed by atoms with Crippen molar-refractivity contribution in [3.63, 3.8) is 0 Å². The lowest BCUT2D eigenvalue weighted by atomic mass is 10.1. The quantitative estimate of drug-likeness (QED) is 0.661. The molecule has 1 fully saturated rings. The molecule has 0 saturated heterocycles. The van der Waals surface area contributed by atoms with E-state index in [0.717, 1.165) is 18.9 Å². The van der Waals surface area contributed by atoms with Crippen LogP contribution in [-0.4, -0.2) is 33.7 Å². The standard InChI is InChI=1S/C21H23F3N2O4S/c1-30-17-12-11-15(13-18(17)31(28,29)26-16-9-5-6-10-16)20(27)25-19(21(22,23)24)14-7-3-2-4-8-14/h2-4,7-8,11-13,16,19,26H,5-6,9-10H2,1H3,(H,25,27). The van der Waals surface area contributed by atoms with Crippen LogP contribution in [0.1, 0.15) is 47.6 Å². The molecule has 0 aliphatic heterocycles. The Labute approximate surface area is 178 Å². The maximum atomic E-state index is 13.6. The topological polar surface area (TPSA) is 84.5 Å². The predicted molar refractivity (Wildman–Crippen MR) is 108 cm³/mol. The number of amides is 1. The minimum atomic E-state index is -4.73. The van der Waals surface area contributed by atoms with Gasteiger partial charge in [-0.15, -0.1) is 0 Å². The Bertz CT molecular complexity index is 1020. The summed E-state index contributed by atoms with van der Waals surface area (Å²) in [6.45, 7) is 0. The molecule has 2 aromatic carbocycles. The van der Waals surface area contributed by atoms with Crippen molar-refractivity contribution in [3.8, 4) is 5.75 Å². The molecule has 2 N–H and O–H groups in total. The lowest BCUT2D eigenvalue weighted by Gasteiger charge is -2.22. The normalized spacial score (nSPS) is 16.1. The van der Waals surface area contributed by atoms with Crippen LogP contribution in [0.15, 0.2) is 53.4 Å². The summed E-state index contributed by atoms with van der Waals surface area (Å²) >= 11 is 0. The van der Waals surface area contributed by atoms with Gasteiger partial charge in [0.2, 0.25) is 10.0 Å². The fourth-order valence-electron chi connectivity index (χ4n) is 3.57. The fourth-order valence-corrected chi connectivity index (χ4v) is 5.07. The molecule has 1 saturated carbocycles. The first-order valence-electron chi connectivity index (χ1n) is 9.74. The molecule has 1 atom stereocenters. The van der Waals surface area contributed by atoms with Crippen molar-refractivity contribution >= 4 is 15.9 Å². The second-order valence-corrected chi connectivity index (χ2v) is 9.01. The maximum absolute atomic E-state index is 13.6. The van der Waals surface area contributed by atoms with Gasteiger partial charge in [0, 0.05) is 11.6 Å². The van der Waals surface area contributed by atoms with Crippen LogP contribution < -0.4 is 14.8 Å². The minimum Gasteiger partial charge on any atom is -0.495 e. The second kappa shape index (κ2) is 9.27. The summed E-state index contributed by atoms with van der Waals surface area (Å²) in [6, 6.07) is 8.01. The van der Waals surface area contributed by atoms with E-state index in [1.807, 2.05) is 5.32 Å². The number of carbonyl (C=O) groups is 1. The molecule has 0 heterocycles. The van der Waals surface area contributed by atoms with Crippen molar-refractivity contribution < 1.29 is 31.1 Å². The van der Waals surface area contributed by atoms with Crippen LogP contribution in [0.2, 0.25) is 0 Å². The molecule has 0 aromatic heterocycles. The van der Waals surface area contributed by atoms with E-state index in [1.54, 1.807) is 6.07 Å². The molecule has 1 unspecified atom stereocenters. The smallest absolute Gasteiger partial charge is 0.412 e. The zero-order valence-corrected chi connectivity index (χ0v) is 17.6. The second-order valence-electron chi connectivity index (χ2n) is 7.33. The largest absolute Gasteiger partial charge is 0.495 e. The van der Waals surface area contributed by atoms with E-state index in [4.69, 9.17) is 4.74 Å². The van der Waals surface area contributed by atoms with E-state index in [1.165, 1.54) is 43.5 Å². The molecule has 168 valence electrons. The van der Waals surface area contributed by atoms with Crippen LogP contribution in [0.25, 0.3) is 0 Å². The highest BCUT2D eigenvalue weighted by atomic mass is 32.2. The van der Waals surface area contributed by atoms with Crippen LogP contribution in [0.5, 0.6) is 5.75 Å². The number of ether oxygens (including phenoxy) is 1. The Hall–Kier alpha value is -2.59. The van der Waals surface area contributed by atoms with Crippen LogP contribution in [0, 0.1) is 0 Å². The SMILES string of the molecule is COc1ccc(C(=O)NC(c2ccccc2)C(F)(F)F)cc1S(=O)(=O)NC1CCCC1. The molecular weight excluding hydrogens is 433 g/mol. The number of hydrogen-bond acceptors (Lipinski definition) is 4. The van der Waals surface area contributed by atoms with Crippen molar-refractivity contribution in [2.24, 2.45) is 0 Å². The predicted octanol–water partition coefficient (Wildman–Crippen LogP) is 3.95. The third-order valence-electron chi connectivity index (χ3n) is 5.13.